The van der Waals surface area contributed by atoms with Crippen molar-refractivity contribution < 1.29 is 13.7 Å². The van der Waals surface area contributed by atoms with Gasteiger partial charge in [0, 0.05) is 15.6 Å². The van der Waals surface area contributed by atoms with E-state index in [2.05, 4.69) is 0 Å². The van der Waals surface area contributed by atoms with Crippen molar-refractivity contribution in [2.75, 3.05) is 0 Å². The zero-order chi connectivity index (χ0) is 15.1. The lowest BCUT2D eigenvalue weighted by molar-refractivity contribution is 0.00578. The van der Waals surface area contributed by atoms with Crippen LogP contribution in [0, 0.1) is 0 Å². The van der Waals surface area contributed by atoms with E-state index in [1.807, 2.05) is 27.7 Å². The first kappa shape index (κ1) is 15.8. The Morgan fingerprint density at radius 3 is 2.00 bits per heavy atom. The molecule has 1 aromatic rings. The SMILES string of the molecule is CC1(C)OB(C(F)=Cc2c(Cl)cccc2Cl)OC1(C)C. The molecule has 0 unspecified atom stereocenters. The molecule has 0 radical (unpaired) electrons. The highest BCUT2D eigenvalue weighted by atomic mass is 35.5. The summed E-state index contributed by atoms with van der Waals surface area (Å²) in [6, 6.07) is 5.00. The van der Waals surface area contributed by atoms with Crippen molar-refractivity contribution in [1.82, 2.24) is 0 Å². The van der Waals surface area contributed by atoms with Gasteiger partial charge in [-0.15, -0.1) is 0 Å². The molecule has 6 heteroatoms. The molecule has 2 nitrogen and oxygen atoms in total. The molecule has 1 aliphatic rings. The average Bonchev–Trinajstić information content (AvgIpc) is 2.53. The van der Waals surface area contributed by atoms with Crippen molar-refractivity contribution in [3.05, 3.63) is 39.5 Å². The van der Waals surface area contributed by atoms with E-state index in [1.54, 1.807) is 18.2 Å². The molecule has 1 saturated heterocycles. The fourth-order valence-electron chi connectivity index (χ4n) is 1.81. The maximum Gasteiger partial charge on any atom is 0.525 e. The molecular weight excluding hydrogens is 301 g/mol. The Labute approximate surface area is 129 Å². The van der Waals surface area contributed by atoms with Gasteiger partial charge >= 0.3 is 7.12 Å². The molecule has 0 aliphatic carbocycles. The molecular formula is C14H16BCl2FO2. The van der Waals surface area contributed by atoms with Crippen molar-refractivity contribution in [2.24, 2.45) is 0 Å². The van der Waals surface area contributed by atoms with E-state index in [1.165, 1.54) is 6.08 Å². The van der Waals surface area contributed by atoms with Crippen molar-refractivity contribution in [1.29, 1.82) is 0 Å². The summed E-state index contributed by atoms with van der Waals surface area (Å²) in [6.45, 7) is 7.46. The summed E-state index contributed by atoms with van der Waals surface area (Å²) < 4.78 is 25.6. The van der Waals surface area contributed by atoms with Crippen LogP contribution in [-0.2, 0) is 9.31 Å². The quantitative estimate of drug-likeness (QED) is 0.720. The Morgan fingerprint density at radius 1 is 1.10 bits per heavy atom. The maximum atomic E-state index is 14.3. The molecule has 0 aromatic heterocycles. The lowest BCUT2D eigenvalue weighted by Crippen LogP contribution is -2.41. The summed E-state index contributed by atoms with van der Waals surface area (Å²) in [5, 5.41) is 0.758. The van der Waals surface area contributed by atoms with E-state index >= 15 is 0 Å². The minimum Gasteiger partial charge on any atom is -0.398 e. The molecule has 0 N–H and O–H groups in total. The van der Waals surface area contributed by atoms with Gasteiger partial charge in [0.25, 0.3) is 0 Å². The van der Waals surface area contributed by atoms with E-state index in [0.717, 1.165) is 0 Å². The Morgan fingerprint density at radius 2 is 1.55 bits per heavy atom. The van der Waals surface area contributed by atoms with Gasteiger partial charge in [0.2, 0.25) is 0 Å². The van der Waals surface area contributed by atoms with E-state index < -0.39 is 24.0 Å². The van der Waals surface area contributed by atoms with Crippen LogP contribution >= 0.6 is 23.2 Å². The number of hydrogen-bond donors (Lipinski definition) is 0. The highest BCUT2D eigenvalue weighted by molar-refractivity contribution is 6.55. The Kier molecular flexibility index (Phi) is 4.23. The molecule has 0 bridgehead atoms. The van der Waals surface area contributed by atoms with Crippen LogP contribution in [0.25, 0.3) is 6.08 Å². The second-order valence-corrected chi connectivity index (χ2v) is 6.57. The Hall–Kier alpha value is -0.545. The zero-order valence-corrected chi connectivity index (χ0v) is 13.3. The van der Waals surface area contributed by atoms with Crippen molar-refractivity contribution in [2.45, 2.75) is 38.9 Å². The minimum atomic E-state index is -1.05. The maximum absolute atomic E-state index is 14.3. The molecule has 1 fully saturated rings. The van der Waals surface area contributed by atoms with Gasteiger partial charge in [0.15, 0.2) is 0 Å². The van der Waals surface area contributed by atoms with Crippen LogP contribution in [0.5, 0.6) is 0 Å². The number of benzene rings is 1. The van der Waals surface area contributed by atoms with Crippen LogP contribution in [0.1, 0.15) is 33.3 Å². The Balaban J connectivity index is 2.29. The fourth-order valence-corrected chi connectivity index (χ4v) is 2.32. The van der Waals surface area contributed by atoms with Crippen LogP contribution in [0.4, 0.5) is 4.39 Å². The summed E-state index contributed by atoms with van der Waals surface area (Å²) in [5.74, 6) is 0. The summed E-state index contributed by atoms with van der Waals surface area (Å²) in [5.41, 5.74) is -1.32. The van der Waals surface area contributed by atoms with E-state index in [0.29, 0.717) is 15.6 Å². The zero-order valence-electron chi connectivity index (χ0n) is 11.8. The van der Waals surface area contributed by atoms with Gasteiger partial charge in [-0.2, -0.15) is 0 Å². The van der Waals surface area contributed by atoms with Crippen molar-refractivity contribution >= 4 is 36.4 Å². The smallest absolute Gasteiger partial charge is 0.398 e. The van der Waals surface area contributed by atoms with E-state index in [9.17, 15) is 4.39 Å². The van der Waals surface area contributed by atoms with Crippen LogP contribution in [0.3, 0.4) is 0 Å². The first-order valence-corrected chi connectivity index (χ1v) is 7.06. The summed E-state index contributed by atoms with van der Waals surface area (Å²) in [6.07, 6.45) is 1.26. The Bertz CT molecular complexity index is 522. The van der Waals surface area contributed by atoms with E-state index in [-0.39, 0.29) is 0 Å². The monoisotopic (exact) mass is 316 g/mol. The number of rotatable bonds is 2. The van der Waals surface area contributed by atoms with E-state index in [4.69, 9.17) is 32.5 Å². The second kappa shape index (κ2) is 5.34. The molecule has 1 aliphatic heterocycles. The molecule has 20 heavy (non-hydrogen) atoms. The standard InChI is InChI=1S/C14H16BCl2FO2/c1-13(2)14(3,4)20-15(19-13)12(18)8-9-10(16)6-5-7-11(9)17/h5-8H,1-4H3. The third-order valence-corrected chi connectivity index (χ3v) is 4.42. The molecule has 1 aromatic carbocycles. The van der Waals surface area contributed by atoms with Gasteiger partial charge in [0.1, 0.15) is 5.73 Å². The predicted molar refractivity (Wildman–Crippen MR) is 81.6 cm³/mol. The number of hydrogen-bond acceptors (Lipinski definition) is 2. The normalized spacial score (nSPS) is 21.4. The van der Waals surface area contributed by atoms with Gasteiger partial charge in [-0.3, -0.25) is 0 Å². The molecule has 0 spiro atoms. The van der Waals surface area contributed by atoms with Crippen LogP contribution in [-0.4, -0.2) is 18.3 Å². The first-order chi connectivity index (χ1) is 9.14. The molecule has 0 amide bonds. The lowest BCUT2D eigenvalue weighted by atomic mass is 9.87. The van der Waals surface area contributed by atoms with Gasteiger partial charge in [-0.1, -0.05) is 29.3 Å². The topological polar surface area (TPSA) is 18.5 Å². The molecule has 2 rings (SSSR count). The third-order valence-electron chi connectivity index (χ3n) is 3.76. The molecule has 0 atom stereocenters. The summed E-state index contributed by atoms with van der Waals surface area (Å²) in [4.78, 5) is 0. The third kappa shape index (κ3) is 2.89. The fraction of sp³-hybridized carbons (Fsp3) is 0.429. The van der Waals surface area contributed by atoms with Gasteiger partial charge < -0.3 is 9.31 Å². The average molecular weight is 317 g/mol. The molecule has 0 saturated carbocycles. The molecule has 1 heterocycles. The predicted octanol–water partition coefficient (Wildman–Crippen LogP) is 4.94. The highest BCUT2D eigenvalue weighted by Gasteiger charge is 2.53. The largest absolute Gasteiger partial charge is 0.525 e. The van der Waals surface area contributed by atoms with Gasteiger partial charge in [-0.05, 0) is 45.9 Å². The van der Waals surface area contributed by atoms with Crippen LogP contribution < -0.4 is 0 Å². The second-order valence-electron chi connectivity index (χ2n) is 5.75. The lowest BCUT2D eigenvalue weighted by Gasteiger charge is -2.32. The summed E-state index contributed by atoms with van der Waals surface area (Å²) in [7, 11) is -1.05. The molecule has 108 valence electrons. The van der Waals surface area contributed by atoms with Crippen LogP contribution in [0.2, 0.25) is 10.0 Å². The first-order valence-electron chi connectivity index (χ1n) is 6.31. The van der Waals surface area contributed by atoms with Gasteiger partial charge in [-0.25, -0.2) is 4.39 Å². The van der Waals surface area contributed by atoms with Crippen molar-refractivity contribution in [3.8, 4) is 0 Å². The highest BCUT2D eigenvalue weighted by Crippen LogP contribution is 2.39. The van der Waals surface area contributed by atoms with Gasteiger partial charge in [0.05, 0.1) is 11.2 Å². The number of halogens is 3. The minimum absolute atomic E-state index is 0.379. The van der Waals surface area contributed by atoms with Crippen molar-refractivity contribution in [3.63, 3.8) is 0 Å². The summed E-state index contributed by atoms with van der Waals surface area (Å²) >= 11 is 12.0. The van der Waals surface area contributed by atoms with Crippen LogP contribution in [0.15, 0.2) is 23.9 Å².